The minimum atomic E-state index is -4.55. The van der Waals surface area contributed by atoms with Crippen LogP contribution in [0.5, 0.6) is 0 Å². The Morgan fingerprint density at radius 3 is 2.52 bits per heavy atom. The van der Waals surface area contributed by atoms with Crippen LogP contribution in [0.15, 0.2) is 6.07 Å². The molecule has 23 heavy (non-hydrogen) atoms. The number of halogens is 4. The standard InChI is InChI=1S/C13H18ClF3N4OSi/c1-23(2,3)5-4-22-7-21-9(13(15,16)17)6-8-10(18)19-12(14)20-11(8)21/h6H,4-5,7H2,1-3H3,(H2,18,19,20). The van der Waals surface area contributed by atoms with Gasteiger partial charge < -0.3 is 10.5 Å². The molecule has 2 aromatic rings. The third-order valence-corrected chi connectivity index (χ3v) is 5.14. The molecule has 0 aliphatic heterocycles. The quantitative estimate of drug-likeness (QED) is 0.493. The van der Waals surface area contributed by atoms with E-state index in [1.807, 2.05) is 0 Å². The van der Waals surface area contributed by atoms with Crippen LogP contribution in [0.3, 0.4) is 0 Å². The van der Waals surface area contributed by atoms with Gasteiger partial charge in [-0.2, -0.15) is 18.2 Å². The van der Waals surface area contributed by atoms with Crippen molar-refractivity contribution in [3.05, 3.63) is 17.0 Å². The van der Waals surface area contributed by atoms with Crippen LogP contribution in [-0.2, 0) is 17.6 Å². The molecular formula is C13H18ClF3N4OSi. The van der Waals surface area contributed by atoms with E-state index in [2.05, 4.69) is 29.6 Å². The molecule has 0 unspecified atom stereocenters. The molecule has 0 fully saturated rings. The lowest BCUT2D eigenvalue weighted by molar-refractivity contribution is -0.145. The summed E-state index contributed by atoms with van der Waals surface area (Å²) in [6, 6.07) is 1.77. The fraction of sp³-hybridized carbons (Fsp3) is 0.538. The summed E-state index contributed by atoms with van der Waals surface area (Å²) in [5, 5.41) is -0.0966. The zero-order valence-corrected chi connectivity index (χ0v) is 14.8. The molecule has 0 aliphatic carbocycles. The smallest absolute Gasteiger partial charge is 0.383 e. The van der Waals surface area contributed by atoms with Crippen molar-refractivity contribution in [1.29, 1.82) is 0 Å². The van der Waals surface area contributed by atoms with Gasteiger partial charge in [0.15, 0.2) is 0 Å². The maximum Gasteiger partial charge on any atom is 0.431 e. The van der Waals surface area contributed by atoms with Gasteiger partial charge in [-0.05, 0) is 23.7 Å². The fourth-order valence-corrected chi connectivity index (χ4v) is 2.95. The largest absolute Gasteiger partial charge is 0.431 e. The summed E-state index contributed by atoms with van der Waals surface area (Å²) in [5.74, 6) is -0.0913. The summed E-state index contributed by atoms with van der Waals surface area (Å²) in [4.78, 5) is 7.55. The van der Waals surface area contributed by atoms with E-state index in [9.17, 15) is 13.2 Å². The Bertz CT molecular complexity index is 712. The maximum atomic E-state index is 13.2. The van der Waals surface area contributed by atoms with E-state index < -0.39 is 19.9 Å². The molecule has 0 spiro atoms. The molecule has 0 radical (unpaired) electrons. The number of alkyl halides is 3. The number of ether oxygens (including phenoxy) is 1. The first-order chi connectivity index (χ1) is 10.5. The topological polar surface area (TPSA) is 66.0 Å². The third kappa shape index (κ3) is 4.36. The van der Waals surface area contributed by atoms with Crippen LogP contribution in [0.25, 0.3) is 11.0 Å². The van der Waals surface area contributed by atoms with Gasteiger partial charge in [0.1, 0.15) is 23.9 Å². The highest BCUT2D eigenvalue weighted by molar-refractivity contribution is 6.76. The number of hydrogen-bond acceptors (Lipinski definition) is 4. The zero-order valence-electron chi connectivity index (χ0n) is 13.0. The van der Waals surface area contributed by atoms with Gasteiger partial charge in [-0.3, -0.25) is 4.57 Å². The number of nitrogens with two attached hydrogens (primary N) is 1. The molecule has 2 rings (SSSR count). The Morgan fingerprint density at radius 1 is 1.30 bits per heavy atom. The van der Waals surface area contributed by atoms with Crippen molar-refractivity contribution in [2.24, 2.45) is 0 Å². The van der Waals surface area contributed by atoms with Crippen LogP contribution < -0.4 is 5.73 Å². The van der Waals surface area contributed by atoms with Crippen molar-refractivity contribution < 1.29 is 17.9 Å². The summed E-state index contributed by atoms with van der Waals surface area (Å²) in [5.41, 5.74) is 4.77. The minimum Gasteiger partial charge on any atom is -0.383 e. The van der Waals surface area contributed by atoms with Gasteiger partial charge in [-0.1, -0.05) is 19.6 Å². The molecule has 128 valence electrons. The van der Waals surface area contributed by atoms with Crippen LogP contribution in [0, 0.1) is 0 Å². The highest BCUT2D eigenvalue weighted by Gasteiger charge is 2.36. The average molecular weight is 367 g/mol. The lowest BCUT2D eigenvalue weighted by Gasteiger charge is -2.17. The molecule has 0 saturated carbocycles. The molecule has 2 heterocycles. The second-order valence-corrected chi connectivity index (χ2v) is 12.4. The zero-order chi connectivity index (χ0) is 17.4. The summed E-state index contributed by atoms with van der Waals surface area (Å²) < 4.78 is 46.0. The van der Waals surface area contributed by atoms with Crippen molar-refractivity contribution in [2.45, 2.75) is 38.6 Å². The lowest BCUT2D eigenvalue weighted by Crippen LogP contribution is -2.22. The number of aromatic nitrogens is 3. The van der Waals surface area contributed by atoms with E-state index in [4.69, 9.17) is 22.1 Å². The molecule has 0 aromatic carbocycles. The van der Waals surface area contributed by atoms with Crippen LogP contribution in [-0.4, -0.2) is 29.2 Å². The first-order valence-electron chi connectivity index (χ1n) is 6.96. The Kier molecular flexibility index (Phi) is 4.93. The van der Waals surface area contributed by atoms with Gasteiger partial charge in [-0.25, -0.2) is 4.98 Å². The molecule has 0 atom stereocenters. The predicted molar refractivity (Wildman–Crippen MR) is 86.1 cm³/mol. The summed E-state index contributed by atoms with van der Waals surface area (Å²) in [6.45, 7) is 6.61. The normalized spacial score (nSPS) is 13.0. The van der Waals surface area contributed by atoms with E-state index in [1.54, 1.807) is 0 Å². The van der Waals surface area contributed by atoms with E-state index in [1.165, 1.54) is 0 Å². The highest BCUT2D eigenvalue weighted by Crippen LogP contribution is 2.35. The number of fused-ring (bicyclic) bond motifs is 1. The van der Waals surface area contributed by atoms with Gasteiger partial charge in [-0.15, -0.1) is 0 Å². The SMILES string of the molecule is C[Si](C)(C)CCOCn1c(C(F)(F)F)cc2c(N)nc(Cl)nc21. The average Bonchev–Trinajstić information content (AvgIpc) is 2.72. The van der Waals surface area contributed by atoms with Gasteiger partial charge >= 0.3 is 6.18 Å². The Labute approximate surface area is 137 Å². The highest BCUT2D eigenvalue weighted by atomic mass is 35.5. The van der Waals surface area contributed by atoms with Gasteiger partial charge in [0.05, 0.1) is 5.39 Å². The van der Waals surface area contributed by atoms with Crippen LogP contribution in [0.4, 0.5) is 19.0 Å². The first-order valence-corrected chi connectivity index (χ1v) is 11.0. The van der Waals surface area contributed by atoms with Gasteiger partial charge in [0, 0.05) is 14.7 Å². The number of rotatable bonds is 5. The maximum absolute atomic E-state index is 13.2. The van der Waals surface area contributed by atoms with Crippen molar-refractivity contribution in [1.82, 2.24) is 14.5 Å². The van der Waals surface area contributed by atoms with Crippen molar-refractivity contribution >= 4 is 36.5 Å². The number of hydrogen-bond donors (Lipinski definition) is 1. The number of nitrogen functional groups attached to an aromatic ring is 1. The van der Waals surface area contributed by atoms with Crippen molar-refractivity contribution in [3.8, 4) is 0 Å². The van der Waals surface area contributed by atoms with E-state index >= 15 is 0 Å². The molecule has 0 amide bonds. The second-order valence-electron chi connectivity index (χ2n) is 6.42. The molecule has 10 heteroatoms. The summed E-state index contributed by atoms with van der Waals surface area (Å²) in [6.07, 6.45) is -4.55. The Balaban J connectivity index is 2.35. The predicted octanol–water partition coefficient (Wildman–Crippen LogP) is 4.00. The lowest BCUT2D eigenvalue weighted by atomic mass is 10.3. The molecular weight excluding hydrogens is 349 g/mol. The van der Waals surface area contributed by atoms with Crippen LogP contribution in [0.2, 0.25) is 31.0 Å². The second kappa shape index (κ2) is 6.29. The van der Waals surface area contributed by atoms with E-state index in [-0.39, 0.29) is 28.9 Å². The third-order valence-electron chi connectivity index (χ3n) is 3.26. The fourth-order valence-electron chi connectivity index (χ4n) is 2.02. The van der Waals surface area contributed by atoms with Crippen molar-refractivity contribution in [2.75, 3.05) is 12.3 Å². The number of nitrogens with zero attached hydrogens (tertiary/aromatic N) is 3. The monoisotopic (exact) mass is 366 g/mol. The van der Waals surface area contributed by atoms with Gasteiger partial charge in [0.25, 0.3) is 0 Å². The van der Waals surface area contributed by atoms with Crippen LogP contribution in [0.1, 0.15) is 5.69 Å². The summed E-state index contributed by atoms with van der Waals surface area (Å²) in [7, 11) is -1.32. The number of anilines is 1. The Morgan fingerprint density at radius 2 is 1.96 bits per heavy atom. The minimum absolute atomic E-state index is 0.0165. The Hall–Kier alpha value is -1.32. The van der Waals surface area contributed by atoms with Crippen LogP contribution >= 0.6 is 11.6 Å². The van der Waals surface area contributed by atoms with E-state index in [0.29, 0.717) is 6.61 Å². The molecule has 2 N–H and O–H groups in total. The molecule has 5 nitrogen and oxygen atoms in total. The molecule has 0 saturated heterocycles. The molecule has 0 aliphatic rings. The van der Waals surface area contributed by atoms with Crippen molar-refractivity contribution in [3.63, 3.8) is 0 Å². The van der Waals surface area contributed by atoms with E-state index in [0.717, 1.165) is 16.7 Å². The summed E-state index contributed by atoms with van der Waals surface area (Å²) >= 11 is 5.71. The van der Waals surface area contributed by atoms with Gasteiger partial charge in [0.2, 0.25) is 5.28 Å². The first kappa shape index (κ1) is 18.0. The molecule has 0 bridgehead atoms. The molecule has 2 aromatic heterocycles.